The van der Waals surface area contributed by atoms with E-state index in [2.05, 4.69) is 43.3 Å². The van der Waals surface area contributed by atoms with Gasteiger partial charge in [-0.3, -0.25) is 0 Å². The Balaban J connectivity index is 0.00000320. The number of nitrogens with zero attached hydrogens (tertiary/aromatic N) is 1. The lowest BCUT2D eigenvalue weighted by atomic mass is 9.73. The zero-order valence-corrected chi connectivity index (χ0v) is 19.1. The molecule has 30 heavy (non-hydrogen) atoms. The minimum Gasteiger partial charge on any atom is -0.497 e. The van der Waals surface area contributed by atoms with Gasteiger partial charge in [-0.2, -0.15) is 0 Å². The van der Waals surface area contributed by atoms with Gasteiger partial charge >= 0.3 is 5.97 Å². The van der Waals surface area contributed by atoms with Crippen LogP contribution in [0.15, 0.2) is 54.1 Å². The van der Waals surface area contributed by atoms with Gasteiger partial charge in [-0.1, -0.05) is 35.9 Å². The molecule has 0 amide bonds. The molecule has 0 aliphatic heterocycles. The number of methoxy groups -OCH3 is 2. The molecule has 5 heteroatoms. The molecule has 0 heterocycles. The van der Waals surface area contributed by atoms with Crippen LogP contribution >= 0.6 is 12.4 Å². The van der Waals surface area contributed by atoms with E-state index in [-0.39, 0.29) is 18.4 Å². The van der Waals surface area contributed by atoms with Gasteiger partial charge in [0.15, 0.2) is 0 Å². The largest absolute Gasteiger partial charge is 0.497 e. The lowest BCUT2D eigenvalue weighted by molar-refractivity contribution is 0.0600. The lowest BCUT2D eigenvalue weighted by Crippen LogP contribution is -2.29. The van der Waals surface area contributed by atoms with Crippen LogP contribution in [-0.4, -0.2) is 45.7 Å². The summed E-state index contributed by atoms with van der Waals surface area (Å²) < 4.78 is 10.3. The summed E-state index contributed by atoms with van der Waals surface area (Å²) in [4.78, 5) is 14.1. The van der Waals surface area contributed by atoms with Crippen LogP contribution in [0.3, 0.4) is 0 Å². The molecule has 0 N–H and O–H groups in total. The fraction of sp³-hybridized carbons (Fsp3) is 0.400. The molecule has 0 aromatic heterocycles. The fourth-order valence-electron chi connectivity index (χ4n) is 4.31. The van der Waals surface area contributed by atoms with Crippen molar-refractivity contribution in [3.05, 3.63) is 70.8 Å². The van der Waals surface area contributed by atoms with E-state index < -0.39 is 0 Å². The van der Waals surface area contributed by atoms with Crippen molar-refractivity contribution in [1.29, 1.82) is 0 Å². The Kier molecular flexibility index (Phi) is 8.94. The molecule has 1 fully saturated rings. The lowest BCUT2D eigenvalue weighted by Gasteiger charge is -2.35. The predicted octanol–water partition coefficient (Wildman–Crippen LogP) is 5.43. The van der Waals surface area contributed by atoms with Gasteiger partial charge in [-0.15, -0.1) is 12.4 Å². The third-order valence-electron chi connectivity index (χ3n) is 5.69. The summed E-state index contributed by atoms with van der Waals surface area (Å²) in [6.45, 7) is 1.08. The maximum Gasteiger partial charge on any atom is 0.337 e. The number of ether oxygens (including phenoxy) is 2. The van der Waals surface area contributed by atoms with Crippen LogP contribution in [0.5, 0.6) is 5.75 Å². The van der Waals surface area contributed by atoms with E-state index >= 15 is 0 Å². The minimum atomic E-state index is -0.297. The number of allylic oxidation sites excluding steroid dienone is 1. The Morgan fingerprint density at radius 2 is 1.90 bits per heavy atom. The van der Waals surface area contributed by atoms with Crippen molar-refractivity contribution in [2.24, 2.45) is 5.92 Å². The van der Waals surface area contributed by atoms with E-state index in [1.54, 1.807) is 13.2 Å². The average molecular weight is 430 g/mol. The first-order chi connectivity index (χ1) is 14.0. The van der Waals surface area contributed by atoms with Crippen LogP contribution in [0.25, 0.3) is 6.08 Å². The second-order valence-electron chi connectivity index (χ2n) is 8.07. The molecule has 1 saturated carbocycles. The van der Waals surface area contributed by atoms with E-state index in [0.29, 0.717) is 17.4 Å². The van der Waals surface area contributed by atoms with Gasteiger partial charge in [0.1, 0.15) is 5.75 Å². The monoisotopic (exact) mass is 429 g/mol. The number of hydrogen-bond donors (Lipinski definition) is 0. The van der Waals surface area contributed by atoms with Gasteiger partial charge in [0.2, 0.25) is 0 Å². The van der Waals surface area contributed by atoms with Crippen LogP contribution in [0.1, 0.15) is 46.7 Å². The van der Waals surface area contributed by atoms with Gasteiger partial charge in [0, 0.05) is 6.54 Å². The molecular weight excluding hydrogens is 398 g/mol. The van der Waals surface area contributed by atoms with Gasteiger partial charge in [0.05, 0.1) is 19.8 Å². The van der Waals surface area contributed by atoms with Crippen molar-refractivity contribution < 1.29 is 14.3 Å². The zero-order valence-electron chi connectivity index (χ0n) is 18.3. The highest BCUT2D eigenvalue weighted by Gasteiger charge is 2.29. The van der Waals surface area contributed by atoms with Crippen molar-refractivity contribution >= 4 is 24.5 Å². The molecule has 4 nitrogen and oxygen atoms in total. The average Bonchev–Trinajstić information content (AvgIpc) is 2.74. The second kappa shape index (κ2) is 11.2. The van der Waals surface area contributed by atoms with Gasteiger partial charge in [-0.05, 0) is 80.6 Å². The standard InChI is InChI=1S/C25H31NO3.ClH/c1-26(2)17-22-12-11-19(13-18-7-5-9-21(14-18)25(27)29-4)15-24(22)20-8-6-10-23(16-20)28-3;/h5-10,13-14,16,22,24H,11-12,15,17H2,1-4H3;1H/b19-13-;/t22-,24-;/m0./s1. The number of esters is 1. The van der Waals surface area contributed by atoms with Crippen LogP contribution < -0.4 is 4.74 Å². The van der Waals surface area contributed by atoms with E-state index in [9.17, 15) is 4.79 Å². The van der Waals surface area contributed by atoms with Gasteiger partial charge < -0.3 is 14.4 Å². The Morgan fingerprint density at radius 3 is 2.60 bits per heavy atom. The summed E-state index contributed by atoms with van der Waals surface area (Å²) in [5.41, 5.74) is 4.41. The number of carbonyl (C=O) groups is 1. The topological polar surface area (TPSA) is 38.8 Å². The molecule has 0 radical (unpaired) electrons. The van der Waals surface area contributed by atoms with Crippen molar-refractivity contribution in [3.8, 4) is 5.75 Å². The molecular formula is C25H32ClNO3. The van der Waals surface area contributed by atoms with E-state index in [1.807, 2.05) is 24.3 Å². The first kappa shape index (κ1) is 24.0. The van der Waals surface area contributed by atoms with Crippen LogP contribution in [-0.2, 0) is 4.74 Å². The molecule has 0 spiro atoms. The van der Waals surface area contributed by atoms with Crippen molar-refractivity contribution in [1.82, 2.24) is 4.90 Å². The van der Waals surface area contributed by atoms with Crippen LogP contribution in [0, 0.1) is 5.92 Å². The summed E-state index contributed by atoms with van der Waals surface area (Å²) in [7, 11) is 7.42. The summed E-state index contributed by atoms with van der Waals surface area (Å²) in [5, 5.41) is 0. The Hall–Kier alpha value is -2.30. The minimum absolute atomic E-state index is 0. The van der Waals surface area contributed by atoms with Crippen molar-refractivity contribution in [2.45, 2.75) is 25.2 Å². The molecule has 2 aromatic carbocycles. The zero-order chi connectivity index (χ0) is 20.8. The molecule has 1 aliphatic rings. The molecule has 162 valence electrons. The summed E-state index contributed by atoms with van der Waals surface area (Å²) in [6.07, 6.45) is 5.50. The molecule has 1 aliphatic carbocycles. The van der Waals surface area contributed by atoms with E-state index in [4.69, 9.17) is 9.47 Å². The Bertz CT molecular complexity index is 878. The number of hydrogen-bond acceptors (Lipinski definition) is 4. The second-order valence-corrected chi connectivity index (χ2v) is 8.07. The highest BCUT2D eigenvalue weighted by molar-refractivity contribution is 5.90. The quantitative estimate of drug-likeness (QED) is 0.573. The molecule has 2 atom stereocenters. The Labute approximate surface area is 186 Å². The number of benzene rings is 2. The smallest absolute Gasteiger partial charge is 0.337 e. The number of rotatable bonds is 6. The van der Waals surface area contributed by atoms with Gasteiger partial charge in [0.25, 0.3) is 0 Å². The third-order valence-corrected chi connectivity index (χ3v) is 5.69. The highest BCUT2D eigenvalue weighted by Crippen LogP contribution is 2.42. The Morgan fingerprint density at radius 1 is 1.13 bits per heavy atom. The third kappa shape index (κ3) is 6.10. The van der Waals surface area contributed by atoms with E-state index in [1.165, 1.54) is 18.2 Å². The first-order valence-electron chi connectivity index (χ1n) is 10.2. The highest BCUT2D eigenvalue weighted by atomic mass is 35.5. The van der Waals surface area contributed by atoms with Crippen LogP contribution in [0.4, 0.5) is 0 Å². The summed E-state index contributed by atoms with van der Waals surface area (Å²) >= 11 is 0. The van der Waals surface area contributed by atoms with Crippen molar-refractivity contribution in [2.75, 3.05) is 34.9 Å². The van der Waals surface area contributed by atoms with Crippen LogP contribution in [0.2, 0.25) is 0 Å². The number of carbonyl (C=O) groups excluding carboxylic acids is 1. The molecule has 3 rings (SSSR count). The summed E-state index contributed by atoms with van der Waals surface area (Å²) in [6, 6.07) is 16.1. The molecule has 0 bridgehead atoms. The normalized spacial score (nSPS) is 20.0. The molecule has 2 aromatic rings. The summed E-state index contributed by atoms with van der Waals surface area (Å²) in [5.74, 6) is 1.68. The fourth-order valence-corrected chi connectivity index (χ4v) is 4.31. The SMILES string of the molecule is COC(=O)c1cccc(/C=C2/CC[C@@H](CN(C)C)[C@H](c3cccc(OC)c3)C2)c1.Cl. The predicted molar refractivity (Wildman–Crippen MR) is 125 cm³/mol. The van der Waals surface area contributed by atoms with Crippen molar-refractivity contribution in [3.63, 3.8) is 0 Å². The molecule has 0 unspecified atom stereocenters. The number of halogens is 1. The first-order valence-corrected chi connectivity index (χ1v) is 10.2. The molecule has 0 saturated heterocycles. The maximum atomic E-state index is 11.8. The van der Waals surface area contributed by atoms with E-state index in [0.717, 1.165) is 37.1 Å². The maximum absolute atomic E-state index is 11.8. The van der Waals surface area contributed by atoms with Gasteiger partial charge in [-0.25, -0.2) is 4.79 Å².